The zero-order valence-electron chi connectivity index (χ0n) is 8.33. The molecule has 1 aromatic rings. The average molecular weight is 260 g/mol. The molecular formula is C9H14BrN3O. The molecule has 0 aromatic carbocycles. The van der Waals surface area contributed by atoms with Gasteiger partial charge in [0.05, 0.1) is 17.2 Å². The summed E-state index contributed by atoms with van der Waals surface area (Å²) in [4.78, 5) is 8.14. The lowest BCUT2D eigenvalue weighted by molar-refractivity contribution is 0.0870. The summed E-state index contributed by atoms with van der Waals surface area (Å²) in [5, 5.41) is 3.06. The molecular weight excluding hydrogens is 246 g/mol. The zero-order valence-corrected chi connectivity index (χ0v) is 9.91. The maximum absolute atomic E-state index is 5.36. The Labute approximate surface area is 92.2 Å². The lowest BCUT2D eigenvalue weighted by atomic mass is 10.5. The molecule has 4 nitrogen and oxygen atoms in total. The molecule has 78 valence electrons. The fourth-order valence-electron chi connectivity index (χ4n) is 0.861. The van der Waals surface area contributed by atoms with Gasteiger partial charge in [-0.15, -0.1) is 0 Å². The van der Waals surface area contributed by atoms with Crippen LogP contribution in [0, 0.1) is 0 Å². The molecule has 1 aromatic heterocycles. The van der Waals surface area contributed by atoms with E-state index in [1.807, 2.05) is 13.8 Å². The first kappa shape index (κ1) is 11.4. The molecule has 0 saturated heterocycles. The van der Waals surface area contributed by atoms with E-state index in [0.717, 1.165) is 11.0 Å². The van der Waals surface area contributed by atoms with E-state index in [-0.39, 0.29) is 6.10 Å². The summed E-state index contributed by atoms with van der Waals surface area (Å²) < 4.78 is 6.24. The van der Waals surface area contributed by atoms with Crippen LogP contribution in [0.1, 0.15) is 13.8 Å². The van der Waals surface area contributed by atoms with E-state index in [2.05, 4.69) is 31.2 Å². The van der Waals surface area contributed by atoms with E-state index in [1.165, 1.54) is 0 Å². The van der Waals surface area contributed by atoms with Crippen LogP contribution in [-0.4, -0.2) is 29.2 Å². The first-order valence-electron chi connectivity index (χ1n) is 4.51. The molecule has 0 saturated carbocycles. The van der Waals surface area contributed by atoms with Crippen LogP contribution in [0.2, 0.25) is 0 Å². The summed E-state index contributed by atoms with van der Waals surface area (Å²) >= 11 is 3.27. The van der Waals surface area contributed by atoms with Gasteiger partial charge in [0, 0.05) is 18.9 Å². The van der Waals surface area contributed by atoms with E-state index in [0.29, 0.717) is 12.6 Å². The maximum Gasteiger partial charge on any atom is 0.222 e. The van der Waals surface area contributed by atoms with Crippen molar-refractivity contribution in [3.05, 3.63) is 16.9 Å². The molecule has 0 amide bonds. The molecule has 1 N–H and O–H groups in total. The predicted molar refractivity (Wildman–Crippen MR) is 59.3 cm³/mol. The van der Waals surface area contributed by atoms with Crippen molar-refractivity contribution < 1.29 is 4.74 Å². The molecule has 0 aliphatic carbocycles. The average Bonchev–Trinajstić information content (AvgIpc) is 2.15. The van der Waals surface area contributed by atoms with Gasteiger partial charge in [0.2, 0.25) is 5.95 Å². The molecule has 0 bridgehead atoms. The summed E-state index contributed by atoms with van der Waals surface area (Å²) in [5.74, 6) is 0.626. The standard InChI is InChI=1S/C9H14BrN3O/c1-7(2)14-4-3-11-9-12-5-8(10)6-13-9/h5-7H,3-4H2,1-2H3,(H,11,12,13). The minimum absolute atomic E-state index is 0.266. The SMILES string of the molecule is CC(C)OCCNc1ncc(Br)cn1. The van der Waals surface area contributed by atoms with Gasteiger partial charge in [-0.05, 0) is 29.8 Å². The molecule has 5 heteroatoms. The number of hydrogen-bond acceptors (Lipinski definition) is 4. The van der Waals surface area contributed by atoms with Gasteiger partial charge in [0.15, 0.2) is 0 Å². The van der Waals surface area contributed by atoms with Crippen molar-refractivity contribution in [2.45, 2.75) is 20.0 Å². The minimum atomic E-state index is 0.266. The summed E-state index contributed by atoms with van der Waals surface area (Å²) in [7, 11) is 0. The lowest BCUT2D eigenvalue weighted by Gasteiger charge is -2.07. The van der Waals surface area contributed by atoms with Gasteiger partial charge in [0.25, 0.3) is 0 Å². The van der Waals surface area contributed by atoms with Crippen molar-refractivity contribution in [1.29, 1.82) is 0 Å². The van der Waals surface area contributed by atoms with Crippen molar-refractivity contribution in [2.75, 3.05) is 18.5 Å². The molecule has 0 unspecified atom stereocenters. The summed E-state index contributed by atoms with van der Waals surface area (Å²) in [6.45, 7) is 5.41. The Balaban J connectivity index is 2.21. The van der Waals surface area contributed by atoms with Gasteiger partial charge >= 0.3 is 0 Å². The third-order valence-corrected chi connectivity index (χ3v) is 1.87. The van der Waals surface area contributed by atoms with Gasteiger partial charge in [-0.2, -0.15) is 0 Å². The Morgan fingerprint density at radius 2 is 2.07 bits per heavy atom. The molecule has 0 atom stereocenters. The zero-order chi connectivity index (χ0) is 10.4. The van der Waals surface area contributed by atoms with Gasteiger partial charge in [0.1, 0.15) is 0 Å². The highest BCUT2D eigenvalue weighted by Crippen LogP contribution is 2.06. The molecule has 0 radical (unpaired) electrons. The molecule has 14 heavy (non-hydrogen) atoms. The van der Waals surface area contributed by atoms with Crippen LogP contribution in [0.5, 0.6) is 0 Å². The fraction of sp³-hybridized carbons (Fsp3) is 0.556. The monoisotopic (exact) mass is 259 g/mol. The number of nitrogens with zero attached hydrogens (tertiary/aromatic N) is 2. The number of ether oxygens (including phenoxy) is 1. The Hall–Kier alpha value is -0.680. The molecule has 0 spiro atoms. The highest BCUT2D eigenvalue weighted by molar-refractivity contribution is 9.10. The number of anilines is 1. The number of aromatic nitrogens is 2. The number of halogens is 1. The highest BCUT2D eigenvalue weighted by Gasteiger charge is 1.95. The number of nitrogens with one attached hydrogen (secondary N) is 1. The van der Waals surface area contributed by atoms with Gasteiger partial charge in [-0.3, -0.25) is 0 Å². The van der Waals surface area contributed by atoms with E-state index >= 15 is 0 Å². The summed E-state index contributed by atoms with van der Waals surface area (Å²) in [6, 6.07) is 0. The first-order valence-corrected chi connectivity index (χ1v) is 5.31. The Morgan fingerprint density at radius 1 is 1.43 bits per heavy atom. The van der Waals surface area contributed by atoms with Crippen LogP contribution in [0.4, 0.5) is 5.95 Å². The smallest absolute Gasteiger partial charge is 0.222 e. The van der Waals surface area contributed by atoms with Crippen LogP contribution in [0.15, 0.2) is 16.9 Å². The minimum Gasteiger partial charge on any atom is -0.377 e. The van der Waals surface area contributed by atoms with Crippen LogP contribution in [-0.2, 0) is 4.74 Å². The Bertz CT molecular complexity index is 263. The van der Waals surface area contributed by atoms with Crippen molar-refractivity contribution in [3.8, 4) is 0 Å². The van der Waals surface area contributed by atoms with Crippen molar-refractivity contribution >= 4 is 21.9 Å². The Morgan fingerprint density at radius 3 is 2.64 bits per heavy atom. The third-order valence-electron chi connectivity index (χ3n) is 1.46. The van der Waals surface area contributed by atoms with E-state index in [1.54, 1.807) is 12.4 Å². The van der Waals surface area contributed by atoms with Crippen LogP contribution >= 0.6 is 15.9 Å². The number of hydrogen-bond donors (Lipinski definition) is 1. The second-order valence-corrected chi connectivity index (χ2v) is 3.99. The quantitative estimate of drug-likeness (QED) is 0.823. The normalized spacial score (nSPS) is 10.6. The highest BCUT2D eigenvalue weighted by atomic mass is 79.9. The third kappa shape index (κ3) is 4.53. The van der Waals surface area contributed by atoms with Gasteiger partial charge < -0.3 is 10.1 Å². The molecule has 0 fully saturated rings. The van der Waals surface area contributed by atoms with E-state index < -0.39 is 0 Å². The molecule has 0 aliphatic heterocycles. The lowest BCUT2D eigenvalue weighted by Crippen LogP contribution is -2.14. The molecule has 0 aliphatic rings. The molecule has 1 heterocycles. The topological polar surface area (TPSA) is 47.0 Å². The van der Waals surface area contributed by atoms with Crippen LogP contribution in [0.25, 0.3) is 0 Å². The second kappa shape index (κ2) is 5.93. The fourth-order valence-corrected chi connectivity index (χ4v) is 1.07. The summed E-state index contributed by atoms with van der Waals surface area (Å²) in [6.07, 6.45) is 3.68. The predicted octanol–water partition coefficient (Wildman–Crippen LogP) is 2.08. The first-order chi connectivity index (χ1) is 6.68. The van der Waals surface area contributed by atoms with Crippen LogP contribution in [0.3, 0.4) is 0 Å². The van der Waals surface area contributed by atoms with E-state index in [4.69, 9.17) is 4.74 Å². The van der Waals surface area contributed by atoms with Crippen LogP contribution < -0.4 is 5.32 Å². The molecule has 1 rings (SSSR count). The second-order valence-electron chi connectivity index (χ2n) is 3.07. The van der Waals surface area contributed by atoms with Crippen molar-refractivity contribution in [3.63, 3.8) is 0 Å². The van der Waals surface area contributed by atoms with E-state index in [9.17, 15) is 0 Å². The largest absolute Gasteiger partial charge is 0.377 e. The number of rotatable bonds is 5. The van der Waals surface area contributed by atoms with Gasteiger partial charge in [-0.1, -0.05) is 0 Å². The van der Waals surface area contributed by atoms with Crippen molar-refractivity contribution in [1.82, 2.24) is 9.97 Å². The Kier molecular flexibility index (Phi) is 4.82. The van der Waals surface area contributed by atoms with Crippen molar-refractivity contribution in [2.24, 2.45) is 0 Å². The van der Waals surface area contributed by atoms with Gasteiger partial charge in [-0.25, -0.2) is 9.97 Å². The summed E-state index contributed by atoms with van der Waals surface area (Å²) in [5.41, 5.74) is 0. The maximum atomic E-state index is 5.36.